The lowest BCUT2D eigenvalue weighted by Crippen LogP contribution is -2.47. The van der Waals surface area contributed by atoms with Crippen LogP contribution in [-0.4, -0.2) is 87.2 Å². The summed E-state index contributed by atoms with van der Waals surface area (Å²) >= 11 is 0. The van der Waals surface area contributed by atoms with Crippen LogP contribution in [0.2, 0.25) is 0 Å². The molecule has 2 saturated heterocycles. The maximum absolute atomic E-state index is 13.0. The number of anilines is 1. The minimum absolute atomic E-state index is 0.0632. The third kappa shape index (κ3) is 5.00. The maximum Gasteiger partial charge on any atom is 0.243 e. The van der Waals surface area contributed by atoms with Crippen LogP contribution in [0.5, 0.6) is 0 Å². The fourth-order valence-electron chi connectivity index (χ4n) is 4.80. The van der Waals surface area contributed by atoms with Crippen molar-refractivity contribution in [2.24, 2.45) is 0 Å². The van der Waals surface area contributed by atoms with Gasteiger partial charge in [0.05, 0.1) is 4.90 Å². The summed E-state index contributed by atoms with van der Waals surface area (Å²) in [5.74, 6) is -0.00474. The molecule has 0 radical (unpaired) electrons. The van der Waals surface area contributed by atoms with Crippen molar-refractivity contribution in [3.63, 3.8) is 0 Å². The summed E-state index contributed by atoms with van der Waals surface area (Å²) < 4.78 is 27.6. The van der Waals surface area contributed by atoms with Crippen LogP contribution in [0.4, 0.5) is 5.69 Å². The number of hydrogen-bond donors (Lipinski definition) is 0. The van der Waals surface area contributed by atoms with Crippen molar-refractivity contribution in [3.8, 4) is 0 Å². The predicted octanol–water partition coefficient (Wildman–Crippen LogP) is 1.69. The van der Waals surface area contributed by atoms with E-state index in [0.717, 1.165) is 50.3 Å². The van der Waals surface area contributed by atoms with Gasteiger partial charge < -0.3 is 14.7 Å². The number of rotatable bonds is 5. The van der Waals surface area contributed by atoms with Crippen LogP contribution in [-0.2, 0) is 26.0 Å². The van der Waals surface area contributed by atoms with E-state index in [1.165, 1.54) is 12.8 Å². The van der Waals surface area contributed by atoms with Crippen LogP contribution >= 0.6 is 0 Å². The summed E-state index contributed by atoms with van der Waals surface area (Å²) in [6, 6.07) is 5.08. The summed E-state index contributed by atoms with van der Waals surface area (Å²) in [5, 5.41) is 0. The second-order valence-corrected chi connectivity index (χ2v) is 11.0. The van der Waals surface area contributed by atoms with E-state index in [9.17, 15) is 18.0 Å². The van der Waals surface area contributed by atoms with E-state index in [2.05, 4.69) is 4.90 Å². The third-order valence-corrected chi connectivity index (χ3v) is 8.75. The molecule has 32 heavy (non-hydrogen) atoms. The van der Waals surface area contributed by atoms with E-state index in [1.54, 1.807) is 27.4 Å². The maximum atomic E-state index is 13.0. The Morgan fingerprint density at radius 2 is 1.50 bits per heavy atom. The zero-order chi connectivity index (χ0) is 22.7. The molecule has 176 valence electrons. The Labute approximate surface area is 191 Å². The summed E-state index contributed by atoms with van der Waals surface area (Å²) in [6.45, 7) is 4.56. The molecule has 4 rings (SSSR count). The van der Waals surface area contributed by atoms with Crippen LogP contribution in [0.1, 0.15) is 44.1 Å². The largest absolute Gasteiger partial charge is 0.343 e. The minimum Gasteiger partial charge on any atom is -0.343 e. The van der Waals surface area contributed by atoms with Gasteiger partial charge in [-0.1, -0.05) is 12.8 Å². The van der Waals surface area contributed by atoms with Crippen molar-refractivity contribution in [2.45, 2.75) is 49.8 Å². The lowest BCUT2D eigenvalue weighted by Gasteiger charge is -2.31. The fourth-order valence-corrected chi connectivity index (χ4v) is 6.28. The monoisotopic (exact) mass is 462 g/mol. The summed E-state index contributed by atoms with van der Waals surface area (Å²) in [7, 11) is -1.54. The highest BCUT2D eigenvalue weighted by molar-refractivity contribution is 7.89. The van der Waals surface area contributed by atoms with Crippen LogP contribution in [0.15, 0.2) is 23.1 Å². The number of hydrogen-bond acceptors (Lipinski definition) is 5. The Bertz CT molecular complexity index is 949. The average molecular weight is 463 g/mol. The molecule has 1 aromatic carbocycles. The van der Waals surface area contributed by atoms with E-state index in [0.29, 0.717) is 31.0 Å². The van der Waals surface area contributed by atoms with Crippen LogP contribution < -0.4 is 4.90 Å². The van der Waals surface area contributed by atoms with Crippen LogP contribution in [0.25, 0.3) is 0 Å². The number of piperazine rings is 1. The number of carbonyl (C=O) groups is 2. The van der Waals surface area contributed by atoms with Crippen molar-refractivity contribution >= 4 is 27.5 Å². The van der Waals surface area contributed by atoms with Gasteiger partial charge in [-0.2, -0.15) is 4.31 Å². The lowest BCUT2D eigenvalue weighted by atomic mass is 10.2. The van der Waals surface area contributed by atoms with Gasteiger partial charge >= 0.3 is 0 Å². The smallest absolute Gasteiger partial charge is 0.243 e. The zero-order valence-electron chi connectivity index (χ0n) is 19.0. The van der Waals surface area contributed by atoms with Gasteiger partial charge in [-0.3, -0.25) is 9.59 Å². The molecule has 1 aromatic rings. The summed E-state index contributed by atoms with van der Waals surface area (Å²) in [5.41, 5.74) is 1.65. The van der Waals surface area contributed by atoms with Gasteiger partial charge in [0.2, 0.25) is 21.8 Å². The number of sulfonamides is 1. The number of likely N-dealkylation sites (tertiary alicyclic amines) is 1. The van der Waals surface area contributed by atoms with Crippen molar-refractivity contribution in [1.82, 2.24) is 14.1 Å². The van der Waals surface area contributed by atoms with Crippen LogP contribution in [0, 0.1) is 0 Å². The van der Waals surface area contributed by atoms with Gasteiger partial charge in [-0.25, -0.2) is 8.42 Å². The summed E-state index contributed by atoms with van der Waals surface area (Å²) in [6.07, 6.45) is 5.47. The molecule has 3 aliphatic heterocycles. The predicted molar refractivity (Wildman–Crippen MR) is 123 cm³/mol. The normalized spacial score (nSPS) is 20.8. The van der Waals surface area contributed by atoms with E-state index in [4.69, 9.17) is 0 Å². The van der Waals surface area contributed by atoms with Gasteiger partial charge in [0.1, 0.15) is 0 Å². The Kier molecular flexibility index (Phi) is 7.17. The highest BCUT2D eigenvalue weighted by Crippen LogP contribution is 2.32. The molecule has 0 N–H and O–H groups in total. The first-order valence-electron chi connectivity index (χ1n) is 11.8. The SMILES string of the molecule is CN1CCN(S(=O)(=O)c2ccc3c(c2)CCN3C(=O)CCC(=O)N2CCCCCC2)CC1. The van der Waals surface area contributed by atoms with Gasteiger partial charge in [-0.05, 0) is 50.1 Å². The first-order valence-corrected chi connectivity index (χ1v) is 13.2. The molecule has 0 bridgehead atoms. The standard InChI is InChI=1S/C23H34N4O4S/c1-24-14-16-26(17-15-24)32(30,31)20-6-7-21-19(18-20)10-13-27(21)23(29)9-8-22(28)25-11-4-2-3-5-12-25/h6-7,18H,2-5,8-17H2,1H3. The quantitative estimate of drug-likeness (QED) is 0.665. The number of benzene rings is 1. The van der Waals surface area contributed by atoms with Crippen molar-refractivity contribution in [2.75, 3.05) is 57.8 Å². The molecule has 8 nitrogen and oxygen atoms in total. The molecule has 0 spiro atoms. The molecule has 0 aromatic heterocycles. The van der Waals surface area contributed by atoms with E-state index >= 15 is 0 Å². The van der Waals surface area contributed by atoms with Gasteiger partial charge in [0, 0.05) is 64.3 Å². The molecule has 0 aliphatic carbocycles. The Hall–Kier alpha value is -1.97. The topological polar surface area (TPSA) is 81.2 Å². The highest BCUT2D eigenvalue weighted by Gasteiger charge is 2.31. The van der Waals surface area contributed by atoms with E-state index < -0.39 is 10.0 Å². The first kappa shape index (κ1) is 23.2. The fraction of sp³-hybridized carbons (Fsp3) is 0.652. The Morgan fingerprint density at radius 1 is 0.844 bits per heavy atom. The number of nitrogens with zero attached hydrogens (tertiary/aromatic N) is 4. The van der Waals surface area contributed by atoms with Gasteiger partial charge in [-0.15, -0.1) is 0 Å². The second-order valence-electron chi connectivity index (χ2n) is 9.09. The number of amides is 2. The molecule has 3 aliphatic rings. The Balaban J connectivity index is 1.38. The number of carbonyl (C=O) groups excluding carboxylic acids is 2. The highest BCUT2D eigenvalue weighted by atomic mass is 32.2. The van der Waals surface area contributed by atoms with Crippen LogP contribution in [0.3, 0.4) is 0 Å². The Morgan fingerprint density at radius 3 is 2.19 bits per heavy atom. The second kappa shape index (κ2) is 9.89. The van der Waals surface area contributed by atoms with E-state index in [1.807, 2.05) is 11.9 Å². The first-order chi connectivity index (χ1) is 15.4. The molecule has 3 heterocycles. The van der Waals surface area contributed by atoms with Gasteiger partial charge in [0.15, 0.2) is 0 Å². The van der Waals surface area contributed by atoms with Gasteiger partial charge in [0.25, 0.3) is 0 Å². The lowest BCUT2D eigenvalue weighted by molar-refractivity contribution is -0.133. The molecule has 0 atom stereocenters. The van der Waals surface area contributed by atoms with Crippen molar-refractivity contribution < 1.29 is 18.0 Å². The number of fused-ring (bicyclic) bond motifs is 1. The molecular weight excluding hydrogens is 428 g/mol. The van der Waals surface area contributed by atoms with E-state index in [-0.39, 0.29) is 24.7 Å². The van der Waals surface area contributed by atoms with Crippen molar-refractivity contribution in [3.05, 3.63) is 23.8 Å². The molecule has 0 unspecified atom stereocenters. The molecular formula is C23H34N4O4S. The third-order valence-electron chi connectivity index (χ3n) is 6.86. The molecule has 9 heteroatoms. The molecule has 0 saturated carbocycles. The molecule has 2 amide bonds. The molecule has 2 fully saturated rings. The van der Waals surface area contributed by atoms with Crippen molar-refractivity contribution in [1.29, 1.82) is 0 Å². The number of likely N-dealkylation sites (N-methyl/N-ethyl adjacent to an activating group) is 1. The summed E-state index contributed by atoms with van der Waals surface area (Å²) in [4.78, 5) is 31.4. The minimum atomic E-state index is -3.53. The average Bonchev–Trinajstić information content (AvgIpc) is 3.02. The zero-order valence-corrected chi connectivity index (χ0v) is 19.8.